The summed E-state index contributed by atoms with van der Waals surface area (Å²) < 4.78 is 12.1. The number of amides is 2. The molecule has 1 atom stereocenters. The van der Waals surface area contributed by atoms with Crippen LogP contribution in [0.15, 0.2) is 71.2 Å². The first-order chi connectivity index (χ1) is 17.2. The number of benzene rings is 3. The minimum atomic E-state index is -0.775. The second-order valence-electron chi connectivity index (χ2n) is 8.13. The van der Waals surface area contributed by atoms with Crippen molar-refractivity contribution in [1.82, 2.24) is 16.2 Å². The third kappa shape index (κ3) is 8.07. The molecule has 2 amide bonds. The summed E-state index contributed by atoms with van der Waals surface area (Å²) in [7, 11) is 0. The van der Waals surface area contributed by atoms with Crippen molar-refractivity contribution in [3.05, 3.63) is 93.5 Å². The van der Waals surface area contributed by atoms with E-state index < -0.39 is 17.9 Å². The lowest BCUT2D eigenvalue weighted by atomic mass is 10.1. The molecule has 0 bridgehead atoms. The Labute approximate surface area is 224 Å². The van der Waals surface area contributed by atoms with Crippen LogP contribution >= 0.6 is 28.1 Å². The first-order valence-electron chi connectivity index (χ1n) is 11.3. The third-order valence-corrected chi connectivity index (χ3v) is 6.20. The van der Waals surface area contributed by atoms with E-state index in [2.05, 4.69) is 32.1 Å². The van der Waals surface area contributed by atoms with E-state index in [1.54, 1.807) is 25.1 Å². The van der Waals surface area contributed by atoms with Crippen molar-refractivity contribution in [3.8, 4) is 11.5 Å². The highest BCUT2D eigenvalue weighted by molar-refractivity contribution is 9.10. The highest BCUT2D eigenvalue weighted by Crippen LogP contribution is 2.26. The zero-order chi connectivity index (χ0) is 26.1. The Morgan fingerprint density at radius 2 is 1.72 bits per heavy atom. The molecular weight excluding hydrogens is 542 g/mol. The smallest absolute Gasteiger partial charge is 0.279 e. The highest BCUT2D eigenvalue weighted by atomic mass is 79.9. The zero-order valence-electron chi connectivity index (χ0n) is 20.3. The molecule has 1 unspecified atom stereocenters. The lowest BCUT2D eigenvalue weighted by molar-refractivity contribution is -0.127. The number of hydrazine groups is 1. The summed E-state index contributed by atoms with van der Waals surface area (Å²) in [6.07, 6.45) is -0.00123. The van der Waals surface area contributed by atoms with Gasteiger partial charge in [-0.1, -0.05) is 36.4 Å². The Kier molecular flexibility index (Phi) is 9.84. The van der Waals surface area contributed by atoms with Crippen LogP contribution in [0.4, 0.5) is 0 Å². The molecule has 0 aliphatic heterocycles. The molecule has 0 saturated heterocycles. The molecule has 0 aromatic heterocycles. The summed E-state index contributed by atoms with van der Waals surface area (Å²) >= 11 is 8.57. The van der Waals surface area contributed by atoms with Crippen LogP contribution in [0.5, 0.6) is 11.5 Å². The normalized spacial score (nSPS) is 11.2. The fourth-order valence-corrected chi connectivity index (χ4v) is 3.79. The molecule has 0 heterocycles. The van der Waals surface area contributed by atoms with Gasteiger partial charge in [0.2, 0.25) is 0 Å². The second kappa shape index (κ2) is 13.0. The van der Waals surface area contributed by atoms with Gasteiger partial charge in [0.05, 0.1) is 11.1 Å². The van der Waals surface area contributed by atoms with E-state index in [1.165, 1.54) is 5.56 Å². The summed E-state index contributed by atoms with van der Waals surface area (Å²) in [5, 5.41) is 2.48. The van der Waals surface area contributed by atoms with Crippen LogP contribution in [0.25, 0.3) is 0 Å². The average Bonchev–Trinajstić information content (AvgIpc) is 2.86. The molecule has 0 radical (unpaired) electrons. The highest BCUT2D eigenvalue weighted by Gasteiger charge is 2.16. The van der Waals surface area contributed by atoms with Gasteiger partial charge >= 0.3 is 0 Å². The fraction of sp³-hybridized carbons (Fsp3) is 0.222. The van der Waals surface area contributed by atoms with Gasteiger partial charge in [-0.25, -0.2) is 0 Å². The van der Waals surface area contributed by atoms with Crippen LogP contribution in [0.2, 0.25) is 0 Å². The van der Waals surface area contributed by atoms with Gasteiger partial charge in [0, 0.05) is 12.0 Å². The number of halogens is 1. The van der Waals surface area contributed by atoms with Gasteiger partial charge < -0.3 is 9.47 Å². The van der Waals surface area contributed by atoms with Crippen molar-refractivity contribution >= 4 is 45.1 Å². The van der Waals surface area contributed by atoms with Crippen LogP contribution < -0.4 is 25.6 Å². The number of hydrogen-bond donors (Lipinski definition) is 3. The Balaban J connectivity index is 1.44. The molecule has 3 aromatic carbocycles. The number of ether oxygens (including phenoxy) is 2. The van der Waals surface area contributed by atoms with E-state index in [9.17, 15) is 9.59 Å². The monoisotopic (exact) mass is 569 g/mol. The Morgan fingerprint density at radius 1 is 0.972 bits per heavy atom. The van der Waals surface area contributed by atoms with Crippen LogP contribution in [0.3, 0.4) is 0 Å². The lowest BCUT2D eigenvalue weighted by Crippen LogP contribution is -2.51. The Bertz CT molecular complexity index is 1240. The van der Waals surface area contributed by atoms with E-state index in [1.807, 2.05) is 62.4 Å². The molecule has 3 rings (SSSR count). The predicted molar refractivity (Wildman–Crippen MR) is 147 cm³/mol. The van der Waals surface area contributed by atoms with Crippen molar-refractivity contribution in [2.24, 2.45) is 0 Å². The van der Waals surface area contributed by atoms with Crippen molar-refractivity contribution < 1.29 is 19.1 Å². The standard InChI is InChI=1S/C27H28BrN3O4S/c1-17-9-11-22(15-18(17)2)35-19(3)25(32)30-31-27(36)29-26(33)21-10-12-24(23(28)16-21)34-14-13-20-7-5-4-6-8-20/h4-12,15-16,19H,13-14H2,1-3H3,(H,30,32)(H2,29,31,33,36). The number of nitrogens with one attached hydrogen (secondary N) is 3. The molecule has 0 aliphatic rings. The van der Waals surface area contributed by atoms with Gasteiger partial charge in [0.15, 0.2) is 11.2 Å². The molecule has 3 N–H and O–H groups in total. The zero-order valence-corrected chi connectivity index (χ0v) is 22.7. The minimum Gasteiger partial charge on any atom is -0.492 e. The molecule has 0 spiro atoms. The summed E-state index contributed by atoms with van der Waals surface area (Å²) in [4.78, 5) is 24.9. The van der Waals surface area contributed by atoms with Gasteiger partial charge in [-0.2, -0.15) is 0 Å². The Hall–Kier alpha value is -3.43. The van der Waals surface area contributed by atoms with Crippen LogP contribution in [0, 0.1) is 13.8 Å². The molecule has 0 saturated carbocycles. The van der Waals surface area contributed by atoms with Crippen molar-refractivity contribution in [1.29, 1.82) is 0 Å². The van der Waals surface area contributed by atoms with Gasteiger partial charge in [-0.05, 0) is 95.9 Å². The van der Waals surface area contributed by atoms with Gasteiger partial charge in [0.1, 0.15) is 11.5 Å². The number of hydrogen-bond acceptors (Lipinski definition) is 5. The second-order valence-corrected chi connectivity index (χ2v) is 9.40. The van der Waals surface area contributed by atoms with Crippen molar-refractivity contribution in [3.63, 3.8) is 0 Å². The number of aryl methyl sites for hydroxylation is 2. The van der Waals surface area contributed by atoms with E-state index in [4.69, 9.17) is 21.7 Å². The molecule has 7 nitrogen and oxygen atoms in total. The molecule has 9 heteroatoms. The number of thiocarbonyl (C=S) groups is 1. The van der Waals surface area contributed by atoms with Crippen LogP contribution in [-0.2, 0) is 11.2 Å². The topological polar surface area (TPSA) is 88.7 Å². The maximum absolute atomic E-state index is 12.6. The third-order valence-electron chi connectivity index (χ3n) is 5.37. The molecule has 36 heavy (non-hydrogen) atoms. The number of rotatable bonds is 8. The van der Waals surface area contributed by atoms with Crippen molar-refractivity contribution in [2.75, 3.05) is 6.61 Å². The van der Waals surface area contributed by atoms with E-state index >= 15 is 0 Å². The summed E-state index contributed by atoms with van der Waals surface area (Å²) in [5.74, 6) is 0.352. The molecule has 0 fully saturated rings. The molecule has 3 aromatic rings. The van der Waals surface area contributed by atoms with Gasteiger partial charge in [0.25, 0.3) is 11.8 Å². The fourth-order valence-electron chi connectivity index (χ4n) is 3.15. The SMILES string of the molecule is Cc1ccc(OC(C)C(=O)NNC(=S)NC(=O)c2ccc(OCCc3ccccc3)c(Br)c2)cc1C. The largest absolute Gasteiger partial charge is 0.492 e. The van der Waals surface area contributed by atoms with Crippen LogP contribution in [-0.4, -0.2) is 29.6 Å². The van der Waals surface area contributed by atoms with Crippen molar-refractivity contribution in [2.45, 2.75) is 33.3 Å². The van der Waals surface area contributed by atoms with Crippen LogP contribution in [0.1, 0.15) is 34.0 Å². The maximum atomic E-state index is 12.6. The Morgan fingerprint density at radius 3 is 2.42 bits per heavy atom. The van der Waals surface area contributed by atoms with E-state index in [0.717, 1.165) is 17.5 Å². The first-order valence-corrected chi connectivity index (χ1v) is 12.5. The van der Waals surface area contributed by atoms with E-state index in [0.29, 0.717) is 28.1 Å². The quantitative estimate of drug-likeness (QED) is 0.267. The van der Waals surface area contributed by atoms with Gasteiger partial charge in [-0.15, -0.1) is 0 Å². The number of carbonyl (C=O) groups excluding carboxylic acids is 2. The summed E-state index contributed by atoms with van der Waals surface area (Å²) in [5.41, 5.74) is 8.73. The molecular formula is C27H28BrN3O4S. The predicted octanol–water partition coefficient (Wildman–Crippen LogP) is 4.79. The minimum absolute atomic E-state index is 0.0500. The molecule has 188 valence electrons. The lowest BCUT2D eigenvalue weighted by Gasteiger charge is -2.17. The van der Waals surface area contributed by atoms with E-state index in [-0.39, 0.29) is 5.11 Å². The van der Waals surface area contributed by atoms with Gasteiger partial charge in [-0.3, -0.25) is 25.8 Å². The molecule has 0 aliphatic carbocycles. The first kappa shape index (κ1) is 27.2. The summed E-state index contributed by atoms with van der Waals surface area (Å²) in [6.45, 7) is 6.10. The average molecular weight is 571 g/mol. The summed E-state index contributed by atoms with van der Waals surface area (Å²) in [6, 6.07) is 20.7. The number of carbonyl (C=O) groups is 2. The maximum Gasteiger partial charge on any atom is 0.279 e.